The third-order valence-electron chi connectivity index (χ3n) is 2.89. The summed E-state index contributed by atoms with van der Waals surface area (Å²) < 4.78 is 1.48. The van der Waals surface area contributed by atoms with Crippen molar-refractivity contribution in [1.29, 1.82) is 0 Å². The van der Waals surface area contributed by atoms with Gasteiger partial charge in [-0.1, -0.05) is 6.07 Å². The van der Waals surface area contributed by atoms with Crippen molar-refractivity contribution < 1.29 is 9.59 Å². The van der Waals surface area contributed by atoms with Crippen molar-refractivity contribution in [3.05, 3.63) is 35.0 Å². The molecule has 2 atom stereocenters. The molecule has 2 aromatic rings. The number of rotatable bonds is 6. The van der Waals surface area contributed by atoms with Gasteiger partial charge in [-0.15, -0.1) is 11.3 Å². The van der Waals surface area contributed by atoms with Crippen LogP contribution < -0.4 is 5.32 Å². The van der Waals surface area contributed by atoms with E-state index in [9.17, 15) is 9.59 Å². The lowest BCUT2D eigenvalue weighted by molar-refractivity contribution is -0.124. The van der Waals surface area contributed by atoms with Gasteiger partial charge in [-0.25, -0.2) is 9.67 Å². The summed E-state index contributed by atoms with van der Waals surface area (Å²) in [5.74, 6) is -0.136. The molecule has 1 amide bonds. The van der Waals surface area contributed by atoms with E-state index in [1.807, 2.05) is 18.4 Å². The highest BCUT2D eigenvalue weighted by molar-refractivity contribution is 7.12. The highest BCUT2D eigenvalue weighted by atomic mass is 32.1. The fourth-order valence-corrected chi connectivity index (χ4v) is 2.44. The van der Waals surface area contributed by atoms with Crippen molar-refractivity contribution in [3.8, 4) is 0 Å². The first-order valence-corrected chi connectivity index (χ1v) is 7.17. The molecule has 0 aliphatic carbocycles. The molecular formula is C13H16N4O2S. The minimum atomic E-state index is -0.447. The van der Waals surface area contributed by atoms with Crippen LogP contribution in [-0.2, 0) is 4.79 Å². The van der Waals surface area contributed by atoms with Crippen LogP contribution in [0.4, 0.5) is 0 Å². The minimum absolute atomic E-state index is 0.0428. The molecule has 7 heteroatoms. The standard InChI is InChI=1S/C13H16N4O2S/c1-9(6-11(18)12-4-3-5-20-12)16-13(19)10(2)17-8-14-7-15-17/h3-5,7-10H,6H2,1-2H3,(H,16,19)/t9-,10-/m0/s1. The summed E-state index contributed by atoms with van der Waals surface area (Å²) in [5, 5.41) is 8.61. The van der Waals surface area contributed by atoms with Gasteiger partial charge in [0.15, 0.2) is 5.78 Å². The number of nitrogens with zero attached hydrogens (tertiary/aromatic N) is 3. The van der Waals surface area contributed by atoms with Crippen LogP contribution in [0.25, 0.3) is 0 Å². The SMILES string of the molecule is C[C@@H](CC(=O)c1cccs1)NC(=O)[C@H](C)n1cncn1. The van der Waals surface area contributed by atoms with Crippen molar-refractivity contribution in [1.82, 2.24) is 20.1 Å². The molecule has 0 unspecified atom stereocenters. The molecule has 0 saturated carbocycles. The molecule has 106 valence electrons. The molecule has 0 spiro atoms. The Bertz CT molecular complexity index is 565. The van der Waals surface area contributed by atoms with E-state index in [1.165, 1.54) is 28.7 Å². The number of aromatic nitrogens is 3. The van der Waals surface area contributed by atoms with E-state index in [2.05, 4.69) is 15.4 Å². The number of carbonyl (C=O) groups is 2. The smallest absolute Gasteiger partial charge is 0.244 e. The zero-order valence-electron chi connectivity index (χ0n) is 11.3. The number of amides is 1. The van der Waals surface area contributed by atoms with Crippen molar-refractivity contribution in [2.75, 3.05) is 0 Å². The van der Waals surface area contributed by atoms with Crippen LogP contribution in [0.15, 0.2) is 30.2 Å². The average Bonchev–Trinajstić information content (AvgIpc) is 3.10. The molecule has 2 heterocycles. The summed E-state index contributed by atoms with van der Waals surface area (Å²) in [6.07, 6.45) is 3.16. The molecule has 0 saturated heterocycles. The van der Waals surface area contributed by atoms with Gasteiger partial charge in [-0.2, -0.15) is 5.10 Å². The van der Waals surface area contributed by atoms with Gasteiger partial charge in [0.1, 0.15) is 18.7 Å². The lowest BCUT2D eigenvalue weighted by Crippen LogP contribution is -2.38. The highest BCUT2D eigenvalue weighted by Crippen LogP contribution is 2.12. The first kappa shape index (κ1) is 14.4. The van der Waals surface area contributed by atoms with E-state index in [0.717, 1.165) is 4.88 Å². The number of ketones is 1. The minimum Gasteiger partial charge on any atom is -0.351 e. The Morgan fingerprint density at radius 3 is 2.85 bits per heavy atom. The molecule has 0 aromatic carbocycles. The largest absolute Gasteiger partial charge is 0.351 e. The summed E-state index contributed by atoms with van der Waals surface area (Å²) in [6, 6.07) is 2.97. The Morgan fingerprint density at radius 1 is 1.45 bits per heavy atom. The van der Waals surface area contributed by atoms with Crippen molar-refractivity contribution in [3.63, 3.8) is 0 Å². The van der Waals surface area contributed by atoms with Crippen LogP contribution in [-0.4, -0.2) is 32.5 Å². The molecule has 2 aromatic heterocycles. The molecule has 0 aliphatic rings. The van der Waals surface area contributed by atoms with Gasteiger partial charge in [0, 0.05) is 12.5 Å². The fourth-order valence-electron chi connectivity index (χ4n) is 1.77. The van der Waals surface area contributed by atoms with Gasteiger partial charge in [-0.05, 0) is 25.3 Å². The second-order valence-corrected chi connectivity index (χ2v) is 5.51. The van der Waals surface area contributed by atoms with Gasteiger partial charge in [0.25, 0.3) is 0 Å². The lowest BCUT2D eigenvalue weighted by atomic mass is 10.1. The number of Topliss-reactive ketones (excluding diaryl/α,β-unsaturated/α-hetero) is 1. The van der Waals surface area contributed by atoms with Gasteiger partial charge in [0.05, 0.1) is 4.88 Å². The molecule has 0 aliphatic heterocycles. The number of carbonyl (C=O) groups excluding carboxylic acids is 2. The second-order valence-electron chi connectivity index (χ2n) is 4.57. The maximum absolute atomic E-state index is 12.0. The highest BCUT2D eigenvalue weighted by Gasteiger charge is 2.19. The van der Waals surface area contributed by atoms with Crippen LogP contribution in [0, 0.1) is 0 Å². The van der Waals surface area contributed by atoms with E-state index < -0.39 is 6.04 Å². The van der Waals surface area contributed by atoms with Gasteiger partial charge in [-0.3, -0.25) is 9.59 Å². The number of hydrogen-bond acceptors (Lipinski definition) is 5. The molecule has 0 fully saturated rings. The van der Waals surface area contributed by atoms with E-state index in [4.69, 9.17) is 0 Å². The summed E-state index contributed by atoms with van der Waals surface area (Å²) in [7, 11) is 0. The normalized spacial score (nSPS) is 13.7. The number of nitrogens with one attached hydrogen (secondary N) is 1. The van der Waals surface area contributed by atoms with Crippen molar-refractivity contribution in [2.45, 2.75) is 32.4 Å². The maximum Gasteiger partial charge on any atom is 0.244 e. The summed E-state index contributed by atoms with van der Waals surface area (Å²) in [6.45, 7) is 3.55. The third-order valence-corrected chi connectivity index (χ3v) is 3.80. The first-order chi connectivity index (χ1) is 9.58. The van der Waals surface area contributed by atoms with Gasteiger partial charge >= 0.3 is 0 Å². The van der Waals surface area contributed by atoms with E-state index in [0.29, 0.717) is 0 Å². The average molecular weight is 292 g/mol. The number of thiophene rings is 1. The van der Waals surface area contributed by atoms with E-state index >= 15 is 0 Å². The summed E-state index contributed by atoms with van der Waals surface area (Å²) in [5.41, 5.74) is 0. The van der Waals surface area contributed by atoms with Gasteiger partial charge in [0.2, 0.25) is 5.91 Å². The topological polar surface area (TPSA) is 76.9 Å². The van der Waals surface area contributed by atoms with E-state index in [1.54, 1.807) is 13.0 Å². The van der Waals surface area contributed by atoms with Crippen LogP contribution in [0.5, 0.6) is 0 Å². The Kier molecular flexibility index (Phi) is 4.62. The molecule has 1 N–H and O–H groups in total. The number of hydrogen-bond donors (Lipinski definition) is 1. The van der Waals surface area contributed by atoms with Crippen molar-refractivity contribution >= 4 is 23.0 Å². The molecule has 6 nitrogen and oxygen atoms in total. The Labute approximate surface area is 120 Å². The predicted octanol–water partition coefficient (Wildman–Crippen LogP) is 1.68. The Balaban J connectivity index is 1.86. The van der Waals surface area contributed by atoms with Crippen LogP contribution >= 0.6 is 11.3 Å². The quantitative estimate of drug-likeness (QED) is 0.822. The van der Waals surface area contributed by atoms with Gasteiger partial charge < -0.3 is 5.32 Å². The first-order valence-electron chi connectivity index (χ1n) is 6.29. The zero-order chi connectivity index (χ0) is 14.5. The third kappa shape index (κ3) is 3.51. The predicted molar refractivity (Wildman–Crippen MR) is 75.6 cm³/mol. The molecular weight excluding hydrogens is 276 g/mol. The van der Waals surface area contributed by atoms with Crippen LogP contribution in [0.3, 0.4) is 0 Å². The monoisotopic (exact) mass is 292 g/mol. The van der Waals surface area contributed by atoms with Crippen LogP contribution in [0.1, 0.15) is 36.0 Å². The molecule has 0 radical (unpaired) electrons. The van der Waals surface area contributed by atoms with Crippen LogP contribution in [0.2, 0.25) is 0 Å². The Hall–Kier alpha value is -2.02. The molecule has 20 heavy (non-hydrogen) atoms. The zero-order valence-corrected chi connectivity index (χ0v) is 12.1. The maximum atomic E-state index is 12.0. The summed E-state index contributed by atoms with van der Waals surface area (Å²) >= 11 is 1.41. The lowest BCUT2D eigenvalue weighted by Gasteiger charge is -2.16. The summed E-state index contributed by atoms with van der Waals surface area (Å²) in [4.78, 5) is 28.5. The second kappa shape index (κ2) is 6.42. The van der Waals surface area contributed by atoms with Crippen molar-refractivity contribution in [2.24, 2.45) is 0 Å². The van der Waals surface area contributed by atoms with E-state index in [-0.39, 0.29) is 24.2 Å². The molecule has 0 bridgehead atoms. The Morgan fingerprint density at radius 2 is 2.25 bits per heavy atom. The fraction of sp³-hybridized carbons (Fsp3) is 0.385. The molecule has 2 rings (SSSR count).